The van der Waals surface area contributed by atoms with E-state index in [0.29, 0.717) is 45.3 Å². The molecule has 8 heteroatoms. The van der Waals surface area contributed by atoms with Crippen LogP contribution in [0.15, 0.2) is 30.5 Å². The summed E-state index contributed by atoms with van der Waals surface area (Å²) in [6, 6.07) is 6.00. The highest BCUT2D eigenvalue weighted by atomic mass is 19.1. The smallest absolute Gasteiger partial charge is 0.175 e. The number of phenols is 1. The molecule has 4 aromatic rings. The number of fused-ring (bicyclic) bond motifs is 3. The molecule has 1 saturated carbocycles. The SMILES string of the molecule is CCc1c(F)ccc2cc(O)cc(-c3ncc4c(N5CC6(CCC67CCO7)C5)nc(C(C)(C)C)nc4c3F)c12. The number of rotatable bonds is 3. The van der Waals surface area contributed by atoms with Crippen molar-refractivity contribution in [3.63, 3.8) is 0 Å². The molecular weight excluding hydrogens is 498 g/mol. The van der Waals surface area contributed by atoms with Crippen molar-refractivity contribution in [2.45, 2.75) is 64.4 Å². The molecule has 0 radical (unpaired) electrons. The zero-order valence-electron chi connectivity index (χ0n) is 22.7. The van der Waals surface area contributed by atoms with Crippen LogP contribution in [0, 0.1) is 17.0 Å². The van der Waals surface area contributed by atoms with Crippen LogP contribution in [-0.2, 0) is 16.6 Å². The standard InChI is InChI=1S/C31H32F2N4O2/c1-5-19-22(32)7-6-17-12-18(38)13-20(23(17)19)25-24(33)26-21(14-34-25)27(36-28(35-26)29(2,3)4)37-15-30(16-37)8-9-31(30)10-11-39-31/h6-7,12-14,38H,5,8-11,15-16H2,1-4H3. The number of aromatic hydroxyl groups is 1. The second kappa shape index (κ2) is 8.07. The quantitative estimate of drug-likeness (QED) is 0.328. The van der Waals surface area contributed by atoms with E-state index in [1.807, 2.05) is 27.7 Å². The third-order valence-electron chi connectivity index (χ3n) is 9.24. The van der Waals surface area contributed by atoms with Gasteiger partial charge in [0.05, 0.1) is 17.6 Å². The average Bonchev–Trinajstić information content (AvgIpc) is 2.81. The van der Waals surface area contributed by atoms with Gasteiger partial charge in [0.2, 0.25) is 0 Å². The van der Waals surface area contributed by atoms with Gasteiger partial charge in [-0.3, -0.25) is 4.98 Å². The van der Waals surface area contributed by atoms with Crippen molar-refractivity contribution in [3.8, 4) is 17.0 Å². The summed E-state index contributed by atoms with van der Waals surface area (Å²) in [5.41, 5.74) is 0.780. The van der Waals surface area contributed by atoms with Crippen LogP contribution < -0.4 is 4.90 Å². The first-order valence-electron chi connectivity index (χ1n) is 13.8. The number of aryl methyl sites for hydroxylation is 1. The van der Waals surface area contributed by atoms with Gasteiger partial charge in [-0.1, -0.05) is 33.8 Å². The lowest BCUT2D eigenvalue weighted by Gasteiger charge is -2.70. The summed E-state index contributed by atoms with van der Waals surface area (Å²) in [4.78, 5) is 16.4. The molecule has 3 fully saturated rings. The maximum Gasteiger partial charge on any atom is 0.175 e. The van der Waals surface area contributed by atoms with E-state index in [-0.39, 0.29) is 33.8 Å². The predicted molar refractivity (Wildman–Crippen MR) is 147 cm³/mol. The Morgan fingerprint density at radius 3 is 2.46 bits per heavy atom. The van der Waals surface area contributed by atoms with Crippen LogP contribution in [0.1, 0.15) is 58.3 Å². The maximum atomic E-state index is 16.5. The minimum absolute atomic E-state index is 0.0124. The number of ether oxygens (including phenoxy) is 1. The number of hydrogen-bond donors (Lipinski definition) is 1. The molecule has 6 nitrogen and oxygen atoms in total. The third-order valence-corrected chi connectivity index (χ3v) is 9.24. The summed E-state index contributed by atoms with van der Waals surface area (Å²) in [5, 5.41) is 12.2. The first kappa shape index (κ1) is 24.6. The molecule has 2 aromatic carbocycles. The maximum absolute atomic E-state index is 16.5. The second-order valence-electron chi connectivity index (χ2n) is 12.5. The molecule has 0 bridgehead atoms. The lowest BCUT2D eigenvalue weighted by Crippen LogP contribution is -2.77. The van der Waals surface area contributed by atoms with Crippen LogP contribution in [0.3, 0.4) is 0 Å². The second-order valence-corrected chi connectivity index (χ2v) is 12.5. The minimum atomic E-state index is -0.599. The molecule has 1 aliphatic carbocycles. The number of halogens is 2. The van der Waals surface area contributed by atoms with Crippen molar-refractivity contribution in [2.75, 3.05) is 24.6 Å². The van der Waals surface area contributed by atoms with Gasteiger partial charge in [-0.2, -0.15) is 0 Å². The summed E-state index contributed by atoms with van der Waals surface area (Å²) in [6.45, 7) is 10.4. The molecule has 1 atom stereocenters. The first-order chi connectivity index (χ1) is 18.6. The van der Waals surface area contributed by atoms with Crippen molar-refractivity contribution >= 4 is 27.5 Å². The first-order valence-corrected chi connectivity index (χ1v) is 13.8. The fraction of sp³-hybridized carbons (Fsp3) is 0.452. The minimum Gasteiger partial charge on any atom is -0.508 e. The van der Waals surface area contributed by atoms with Gasteiger partial charge in [-0.25, -0.2) is 18.7 Å². The molecular formula is C31H32F2N4O2. The fourth-order valence-corrected chi connectivity index (χ4v) is 6.84. The van der Waals surface area contributed by atoms with Crippen LogP contribution >= 0.6 is 0 Å². The summed E-state index contributed by atoms with van der Waals surface area (Å²) in [5.74, 6) is 0.234. The Bertz CT molecular complexity index is 1660. The highest BCUT2D eigenvalue weighted by molar-refractivity contribution is 6.01. The Morgan fingerprint density at radius 2 is 1.85 bits per heavy atom. The van der Waals surface area contributed by atoms with E-state index in [0.717, 1.165) is 39.0 Å². The van der Waals surface area contributed by atoms with Crippen LogP contribution in [0.2, 0.25) is 0 Å². The molecule has 39 heavy (non-hydrogen) atoms. The molecule has 1 N–H and O–H groups in total. The molecule has 7 rings (SSSR count). The molecule has 2 aliphatic heterocycles. The van der Waals surface area contributed by atoms with Crippen molar-refractivity contribution in [1.29, 1.82) is 0 Å². The van der Waals surface area contributed by atoms with Gasteiger partial charge < -0.3 is 14.7 Å². The topological polar surface area (TPSA) is 71.4 Å². The summed E-state index contributed by atoms with van der Waals surface area (Å²) >= 11 is 0. The number of hydrogen-bond acceptors (Lipinski definition) is 6. The van der Waals surface area contributed by atoms with Crippen molar-refractivity contribution < 1.29 is 18.6 Å². The lowest BCUT2D eigenvalue weighted by atomic mass is 9.50. The number of pyridine rings is 1. The van der Waals surface area contributed by atoms with Gasteiger partial charge in [0.1, 0.15) is 34.4 Å². The van der Waals surface area contributed by atoms with E-state index < -0.39 is 11.2 Å². The Kier molecular flexibility index (Phi) is 5.10. The molecule has 2 spiro atoms. The van der Waals surface area contributed by atoms with Crippen LogP contribution in [-0.4, -0.2) is 45.4 Å². The Balaban J connectivity index is 1.41. The van der Waals surface area contributed by atoms with Gasteiger partial charge >= 0.3 is 0 Å². The van der Waals surface area contributed by atoms with Gasteiger partial charge in [0.25, 0.3) is 0 Å². The van der Waals surface area contributed by atoms with E-state index in [1.54, 1.807) is 18.3 Å². The van der Waals surface area contributed by atoms with Crippen LogP contribution in [0.5, 0.6) is 5.75 Å². The predicted octanol–water partition coefficient (Wildman–Crippen LogP) is 6.45. The zero-order valence-corrected chi connectivity index (χ0v) is 22.7. The normalized spacial score (nSPS) is 21.8. The number of phenolic OH excluding ortho intramolecular Hbond substituents is 1. The van der Waals surface area contributed by atoms with E-state index in [4.69, 9.17) is 14.7 Å². The number of nitrogens with zero attached hydrogens (tertiary/aromatic N) is 4. The fourth-order valence-electron chi connectivity index (χ4n) is 6.84. The zero-order chi connectivity index (χ0) is 27.3. The summed E-state index contributed by atoms with van der Waals surface area (Å²) in [7, 11) is 0. The molecule has 1 unspecified atom stereocenters. The van der Waals surface area contributed by atoms with Crippen LogP contribution in [0.4, 0.5) is 14.6 Å². The van der Waals surface area contributed by atoms with Crippen LogP contribution in [0.25, 0.3) is 32.9 Å². The van der Waals surface area contributed by atoms with Gasteiger partial charge in [-0.05, 0) is 53.8 Å². The van der Waals surface area contributed by atoms with E-state index in [9.17, 15) is 9.50 Å². The van der Waals surface area contributed by atoms with Gasteiger partial charge in [-0.15, -0.1) is 0 Å². The number of aromatic nitrogens is 3. The molecule has 3 aliphatic rings. The highest BCUT2D eigenvalue weighted by Crippen LogP contribution is 2.63. The number of benzene rings is 2. The Morgan fingerprint density at radius 1 is 1.08 bits per heavy atom. The lowest BCUT2D eigenvalue weighted by molar-refractivity contribution is -0.284. The Hall–Kier alpha value is -3.39. The largest absolute Gasteiger partial charge is 0.508 e. The summed E-state index contributed by atoms with van der Waals surface area (Å²) in [6.07, 6.45) is 5.39. The molecule has 2 aromatic heterocycles. The Labute approximate surface area is 226 Å². The molecule has 202 valence electrons. The van der Waals surface area contributed by atoms with Crippen molar-refractivity contribution in [3.05, 3.63) is 53.5 Å². The van der Waals surface area contributed by atoms with Gasteiger partial charge in [0, 0.05) is 42.1 Å². The van der Waals surface area contributed by atoms with E-state index in [1.165, 1.54) is 12.1 Å². The van der Waals surface area contributed by atoms with Crippen molar-refractivity contribution in [2.24, 2.45) is 5.41 Å². The highest BCUT2D eigenvalue weighted by Gasteiger charge is 2.68. The van der Waals surface area contributed by atoms with Crippen molar-refractivity contribution in [1.82, 2.24) is 15.0 Å². The van der Waals surface area contributed by atoms with E-state index >= 15 is 4.39 Å². The number of anilines is 1. The van der Waals surface area contributed by atoms with E-state index in [2.05, 4.69) is 9.88 Å². The third kappa shape index (κ3) is 3.36. The average molecular weight is 531 g/mol. The molecule has 0 amide bonds. The molecule has 4 heterocycles. The molecule has 2 saturated heterocycles. The monoisotopic (exact) mass is 530 g/mol. The summed E-state index contributed by atoms with van der Waals surface area (Å²) < 4.78 is 37.4. The van der Waals surface area contributed by atoms with Gasteiger partial charge in [0.15, 0.2) is 5.82 Å².